The van der Waals surface area contributed by atoms with Gasteiger partial charge in [-0.3, -0.25) is 4.79 Å². The molecule has 0 aliphatic carbocycles. The van der Waals surface area contributed by atoms with Crippen molar-refractivity contribution in [2.75, 3.05) is 32.8 Å². The second kappa shape index (κ2) is 11.0. The molecule has 2 aromatic carbocycles. The predicted molar refractivity (Wildman–Crippen MR) is 129 cm³/mol. The highest BCUT2D eigenvalue weighted by atomic mass is 32.2. The predicted octanol–water partition coefficient (Wildman–Crippen LogP) is 2.78. The Kier molecular flexibility index (Phi) is 7.86. The van der Waals surface area contributed by atoms with Crippen LogP contribution >= 0.6 is 0 Å². The summed E-state index contributed by atoms with van der Waals surface area (Å²) < 4.78 is 43.6. The number of carbonyl (C=O) groups is 1. The van der Waals surface area contributed by atoms with Gasteiger partial charge in [0.25, 0.3) is 0 Å². The van der Waals surface area contributed by atoms with E-state index in [2.05, 4.69) is 15.6 Å². The van der Waals surface area contributed by atoms with Crippen LogP contribution in [0.25, 0.3) is 11.0 Å². The Hall–Kier alpha value is -3.18. The summed E-state index contributed by atoms with van der Waals surface area (Å²) in [7, 11) is -3.76. The maximum Gasteiger partial charge on any atom is 0.245 e. The zero-order valence-electron chi connectivity index (χ0n) is 19.9. The third-order valence-electron chi connectivity index (χ3n) is 6.01. The van der Waals surface area contributed by atoms with Crippen molar-refractivity contribution in [2.24, 2.45) is 5.92 Å². The third kappa shape index (κ3) is 5.57. The molecule has 1 saturated heterocycles. The van der Waals surface area contributed by atoms with Crippen LogP contribution in [-0.2, 0) is 21.2 Å². The maximum atomic E-state index is 13.1. The lowest BCUT2D eigenvalue weighted by Crippen LogP contribution is -2.43. The number of fused-ring (bicyclic) bond motifs is 1. The SMILES string of the molecule is CCOc1ccc(CCNC(=O)C2CCN(S(=O)(=O)c3cccc4nonc34)CC2)cc1OCC. The number of hydrogen-bond acceptors (Lipinski definition) is 8. The Morgan fingerprint density at radius 1 is 1.09 bits per heavy atom. The Morgan fingerprint density at radius 2 is 1.83 bits per heavy atom. The molecule has 1 amide bonds. The van der Waals surface area contributed by atoms with E-state index in [1.165, 1.54) is 10.4 Å². The second-order valence-corrected chi connectivity index (χ2v) is 10.2. The third-order valence-corrected chi connectivity index (χ3v) is 7.94. The monoisotopic (exact) mass is 502 g/mol. The second-order valence-electron chi connectivity index (χ2n) is 8.25. The summed E-state index contributed by atoms with van der Waals surface area (Å²) in [6, 6.07) is 10.5. The molecule has 2 heterocycles. The molecule has 1 aromatic heterocycles. The molecule has 1 fully saturated rings. The van der Waals surface area contributed by atoms with Crippen LogP contribution in [0.1, 0.15) is 32.3 Å². The van der Waals surface area contributed by atoms with Gasteiger partial charge in [0.2, 0.25) is 15.9 Å². The van der Waals surface area contributed by atoms with Gasteiger partial charge in [-0.25, -0.2) is 13.0 Å². The Morgan fingerprint density at radius 3 is 2.57 bits per heavy atom. The number of amides is 1. The molecule has 35 heavy (non-hydrogen) atoms. The molecule has 188 valence electrons. The molecule has 0 radical (unpaired) electrons. The molecule has 4 rings (SSSR count). The van der Waals surface area contributed by atoms with E-state index in [4.69, 9.17) is 14.1 Å². The molecule has 1 aliphatic heterocycles. The van der Waals surface area contributed by atoms with Crippen molar-refractivity contribution in [1.29, 1.82) is 0 Å². The van der Waals surface area contributed by atoms with Gasteiger partial charge in [-0.05, 0) is 73.3 Å². The van der Waals surface area contributed by atoms with Gasteiger partial charge in [-0.1, -0.05) is 12.1 Å². The van der Waals surface area contributed by atoms with E-state index in [-0.39, 0.29) is 35.3 Å². The van der Waals surface area contributed by atoms with E-state index in [0.717, 1.165) is 5.56 Å². The standard InChI is InChI=1S/C24H30N4O6S/c1-3-32-20-9-8-17(16-21(20)33-4-2)10-13-25-24(29)18-11-14-28(15-12-18)35(30,31)22-7-5-6-19-23(22)27-34-26-19/h5-9,16,18H,3-4,10-15H2,1-2H3,(H,25,29). The van der Waals surface area contributed by atoms with E-state index in [0.29, 0.717) is 56.0 Å². The number of carbonyl (C=O) groups excluding carboxylic acids is 1. The average molecular weight is 503 g/mol. The Labute approximate surface area is 204 Å². The summed E-state index contributed by atoms with van der Waals surface area (Å²) in [6.07, 6.45) is 1.56. The van der Waals surface area contributed by atoms with Crippen LogP contribution in [0.15, 0.2) is 45.9 Å². The smallest absolute Gasteiger partial charge is 0.245 e. The normalized spacial score (nSPS) is 15.3. The Balaban J connectivity index is 1.30. The number of rotatable bonds is 10. The first kappa shape index (κ1) is 24.9. The van der Waals surface area contributed by atoms with Gasteiger partial charge in [-0.2, -0.15) is 4.31 Å². The van der Waals surface area contributed by atoms with Crippen molar-refractivity contribution >= 4 is 27.0 Å². The molecule has 1 N–H and O–H groups in total. The lowest BCUT2D eigenvalue weighted by atomic mass is 9.97. The minimum atomic E-state index is -3.76. The molecule has 0 unspecified atom stereocenters. The number of piperidine rings is 1. The van der Waals surface area contributed by atoms with Crippen molar-refractivity contribution < 1.29 is 27.3 Å². The molecular weight excluding hydrogens is 472 g/mol. The van der Waals surface area contributed by atoms with Crippen LogP contribution in [0.4, 0.5) is 0 Å². The number of ether oxygens (including phenoxy) is 2. The highest BCUT2D eigenvalue weighted by Gasteiger charge is 2.33. The largest absolute Gasteiger partial charge is 0.490 e. The quantitative estimate of drug-likeness (QED) is 0.449. The van der Waals surface area contributed by atoms with Crippen molar-refractivity contribution in [3.8, 4) is 11.5 Å². The summed E-state index contributed by atoms with van der Waals surface area (Å²) in [6.45, 7) is 5.95. The molecule has 0 saturated carbocycles. The number of nitrogens with zero attached hydrogens (tertiary/aromatic N) is 3. The Bertz CT molecular complexity index is 1270. The van der Waals surface area contributed by atoms with Crippen molar-refractivity contribution in [3.63, 3.8) is 0 Å². The van der Waals surface area contributed by atoms with Gasteiger partial charge in [0.15, 0.2) is 17.0 Å². The average Bonchev–Trinajstić information content (AvgIpc) is 3.35. The first-order chi connectivity index (χ1) is 16.9. The van der Waals surface area contributed by atoms with Crippen molar-refractivity contribution in [2.45, 2.75) is 38.0 Å². The number of hydrogen-bond donors (Lipinski definition) is 1. The summed E-state index contributed by atoms with van der Waals surface area (Å²) in [5.41, 5.74) is 1.64. The molecule has 1 aliphatic rings. The molecule has 11 heteroatoms. The van der Waals surface area contributed by atoms with Crippen LogP contribution in [-0.4, -0.2) is 61.8 Å². The van der Waals surface area contributed by atoms with Gasteiger partial charge < -0.3 is 14.8 Å². The highest BCUT2D eigenvalue weighted by Crippen LogP contribution is 2.29. The van der Waals surface area contributed by atoms with Gasteiger partial charge in [0.1, 0.15) is 10.4 Å². The van der Waals surface area contributed by atoms with E-state index in [1.54, 1.807) is 12.1 Å². The van der Waals surface area contributed by atoms with E-state index in [9.17, 15) is 13.2 Å². The number of benzene rings is 2. The first-order valence-electron chi connectivity index (χ1n) is 11.8. The zero-order valence-corrected chi connectivity index (χ0v) is 20.7. The van der Waals surface area contributed by atoms with Gasteiger partial charge in [-0.15, -0.1) is 0 Å². The van der Waals surface area contributed by atoms with Gasteiger partial charge >= 0.3 is 0 Å². The van der Waals surface area contributed by atoms with Crippen molar-refractivity contribution in [1.82, 2.24) is 19.9 Å². The molecule has 0 bridgehead atoms. The van der Waals surface area contributed by atoms with Crippen LogP contribution < -0.4 is 14.8 Å². The maximum absolute atomic E-state index is 13.1. The van der Waals surface area contributed by atoms with E-state index in [1.807, 2.05) is 32.0 Å². The van der Waals surface area contributed by atoms with Crippen LogP contribution in [0.3, 0.4) is 0 Å². The van der Waals surface area contributed by atoms with E-state index < -0.39 is 10.0 Å². The molecule has 0 spiro atoms. The van der Waals surface area contributed by atoms with Crippen LogP contribution in [0.2, 0.25) is 0 Å². The lowest BCUT2D eigenvalue weighted by Gasteiger charge is -2.30. The summed E-state index contributed by atoms with van der Waals surface area (Å²) >= 11 is 0. The number of nitrogens with one attached hydrogen (secondary N) is 1. The van der Waals surface area contributed by atoms with Gasteiger partial charge in [0.05, 0.1) is 13.2 Å². The first-order valence-corrected chi connectivity index (χ1v) is 13.3. The fourth-order valence-electron chi connectivity index (χ4n) is 4.21. The fraction of sp³-hybridized carbons (Fsp3) is 0.458. The summed E-state index contributed by atoms with van der Waals surface area (Å²) in [5, 5.41) is 10.4. The molecule has 0 atom stereocenters. The fourth-order valence-corrected chi connectivity index (χ4v) is 5.82. The molecule has 3 aromatic rings. The highest BCUT2D eigenvalue weighted by molar-refractivity contribution is 7.89. The number of aromatic nitrogens is 2. The summed E-state index contributed by atoms with van der Waals surface area (Å²) in [5.74, 6) is 1.12. The zero-order chi connectivity index (χ0) is 24.8. The van der Waals surface area contributed by atoms with E-state index >= 15 is 0 Å². The van der Waals surface area contributed by atoms with Crippen LogP contribution in [0, 0.1) is 5.92 Å². The van der Waals surface area contributed by atoms with Crippen LogP contribution in [0.5, 0.6) is 11.5 Å². The number of sulfonamides is 1. The lowest BCUT2D eigenvalue weighted by molar-refractivity contribution is -0.126. The summed E-state index contributed by atoms with van der Waals surface area (Å²) in [4.78, 5) is 12.8. The molecule has 10 nitrogen and oxygen atoms in total. The van der Waals surface area contributed by atoms with Gasteiger partial charge in [0, 0.05) is 25.6 Å². The van der Waals surface area contributed by atoms with Crippen molar-refractivity contribution in [3.05, 3.63) is 42.0 Å². The minimum Gasteiger partial charge on any atom is -0.490 e. The molecular formula is C24H30N4O6S. The topological polar surface area (TPSA) is 124 Å². The minimum absolute atomic E-state index is 0.0548.